The summed E-state index contributed by atoms with van der Waals surface area (Å²) in [5.41, 5.74) is 10.6. The Morgan fingerprint density at radius 1 is 1.21 bits per heavy atom. The van der Waals surface area contributed by atoms with Crippen LogP contribution in [0, 0.1) is 6.92 Å². The van der Waals surface area contributed by atoms with Gasteiger partial charge in [-0.05, 0) is 31.2 Å². The van der Waals surface area contributed by atoms with Gasteiger partial charge in [0.25, 0.3) is 0 Å². The number of nitrogens with two attached hydrogens (primary N) is 1. The number of nitrogens with zero attached hydrogens (tertiary/aromatic N) is 3. The molecule has 0 aliphatic carbocycles. The zero-order chi connectivity index (χ0) is 13.4. The van der Waals surface area contributed by atoms with Crippen LogP contribution in [0.15, 0.2) is 35.8 Å². The summed E-state index contributed by atoms with van der Waals surface area (Å²) in [7, 11) is 1.92. The summed E-state index contributed by atoms with van der Waals surface area (Å²) in [5.74, 6) is 0. The SMILES string of the molecule is Cc1nn(C)cc1-c1csc(-c2ccc(N)cc2)n1. The molecule has 0 unspecified atom stereocenters. The highest BCUT2D eigenvalue weighted by Gasteiger charge is 2.11. The van der Waals surface area contributed by atoms with Crippen molar-refractivity contribution < 1.29 is 0 Å². The summed E-state index contributed by atoms with van der Waals surface area (Å²) in [4.78, 5) is 4.68. The van der Waals surface area contributed by atoms with Gasteiger partial charge >= 0.3 is 0 Å². The van der Waals surface area contributed by atoms with Crippen molar-refractivity contribution in [1.29, 1.82) is 0 Å². The van der Waals surface area contributed by atoms with Gasteiger partial charge in [-0.25, -0.2) is 4.98 Å². The fourth-order valence-electron chi connectivity index (χ4n) is 2.01. The Balaban J connectivity index is 1.99. The van der Waals surface area contributed by atoms with Gasteiger partial charge in [-0.15, -0.1) is 11.3 Å². The first kappa shape index (κ1) is 11.9. The maximum atomic E-state index is 5.70. The minimum atomic E-state index is 0.767. The van der Waals surface area contributed by atoms with E-state index in [1.807, 2.05) is 49.1 Å². The van der Waals surface area contributed by atoms with Gasteiger partial charge in [0, 0.05) is 35.4 Å². The first-order valence-corrected chi connectivity index (χ1v) is 6.83. The Morgan fingerprint density at radius 2 is 1.95 bits per heavy atom. The fourth-order valence-corrected chi connectivity index (χ4v) is 2.83. The van der Waals surface area contributed by atoms with E-state index in [1.54, 1.807) is 11.3 Å². The van der Waals surface area contributed by atoms with Crippen molar-refractivity contribution in [3.8, 4) is 21.8 Å². The molecule has 0 aliphatic rings. The molecule has 2 heterocycles. The standard InChI is InChI=1S/C14H14N4S/c1-9-12(7-18(2)17-9)13-8-19-14(16-13)10-3-5-11(15)6-4-10/h3-8H,15H2,1-2H3. The second-order valence-corrected chi connectivity index (χ2v) is 5.32. The van der Waals surface area contributed by atoms with E-state index >= 15 is 0 Å². The lowest BCUT2D eigenvalue weighted by atomic mass is 10.2. The summed E-state index contributed by atoms with van der Waals surface area (Å²) in [6.07, 6.45) is 2.00. The lowest BCUT2D eigenvalue weighted by Crippen LogP contribution is -1.86. The summed E-state index contributed by atoms with van der Waals surface area (Å²) in [6, 6.07) is 7.78. The molecular formula is C14H14N4S. The number of rotatable bonds is 2. The third kappa shape index (κ3) is 2.24. The van der Waals surface area contributed by atoms with Crippen molar-refractivity contribution in [2.24, 2.45) is 7.05 Å². The van der Waals surface area contributed by atoms with Gasteiger partial charge in [0.2, 0.25) is 0 Å². The Hall–Kier alpha value is -2.14. The van der Waals surface area contributed by atoms with Crippen molar-refractivity contribution in [2.75, 3.05) is 5.73 Å². The Kier molecular flexibility index (Phi) is 2.83. The van der Waals surface area contributed by atoms with Gasteiger partial charge in [-0.3, -0.25) is 4.68 Å². The molecule has 0 saturated carbocycles. The molecule has 0 atom stereocenters. The van der Waals surface area contributed by atoms with Crippen LogP contribution in [0.1, 0.15) is 5.69 Å². The molecule has 1 aromatic carbocycles. The molecule has 3 rings (SSSR count). The van der Waals surface area contributed by atoms with Gasteiger partial charge in [0.15, 0.2) is 0 Å². The molecule has 0 spiro atoms. The molecule has 0 aliphatic heterocycles. The monoisotopic (exact) mass is 270 g/mol. The zero-order valence-electron chi connectivity index (χ0n) is 10.8. The van der Waals surface area contributed by atoms with Gasteiger partial charge in [-0.2, -0.15) is 5.10 Å². The van der Waals surface area contributed by atoms with Crippen LogP contribution in [0.4, 0.5) is 5.69 Å². The number of hydrogen-bond donors (Lipinski definition) is 1. The Morgan fingerprint density at radius 3 is 2.58 bits per heavy atom. The zero-order valence-corrected chi connectivity index (χ0v) is 11.6. The lowest BCUT2D eigenvalue weighted by Gasteiger charge is -1.97. The van der Waals surface area contributed by atoms with Gasteiger partial charge in [-0.1, -0.05) is 0 Å². The lowest BCUT2D eigenvalue weighted by molar-refractivity contribution is 0.756. The van der Waals surface area contributed by atoms with Crippen LogP contribution in [0.5, 0.6) is 0 Å². The average molecular weight is 270 g/mol. The third-order valence-electron chi connectivity index (χ3n) is 2.95. The summed E-state index contributed by atoms with van der Waals surface area (Å²) < 4.78 is 1.81. The number of thiazole rings is 1. The molecule has 0 bridgehead atoms. The maximum Gasteiger partial charge on any atom is 0.124 e. The van der Waals surface area contributed by atoms with Gasteiger partial charge in [0.1, 0.15) is 5.01 Å². The highest BCUT2D eigenvalue weighted by Crippen LogP contribution is 2.30. The Bertz CT molecular complexity index is 709. The van der Waals surface area contributed by atoms with E-state index in [0.717, 1.165) is 33.2 Å². The predicted molar refractivity (Wildman–Crippen MR) is 78.9 cm³/mol. The molecule has 3 aromatic rings. The second kappa shape index (κ2) is 4.51. The molecule has 0 fully saturated rings. The molecule has 4 nitrogen and oxygen atoms in total. The van der Waals surface area contributed by atoms with Crippen molar-refractivity contribution >= 4 is 17.0 Å². The highest BCUT2D eigenvalue weighted by molar-refractivity contribution is 7.13. The summed E-state index contributed by atoms with van der Waals surface area (Å²) in [5, 5.41) is 7.41. The number of aromatic nitrogens is 3. The van der Waals surface area contributed by atoms with Crippen LogP contribution >= 0.6 is 11.3 Å². The van der Waals surface area contributed by atoms with E-state index in [-0.39, 0.29) is 0 Å². The van der Waals surface area contributed by atoms with E-state index in [2.05, 4.69) is 15.5 Å². The minimum Gasteiger partial charge on any atom is -0.399 e. The van der Waals surface area contributed by atoms with E-state index in [0.29, 0.717) is 0 Å². The van der Waals surface area contributed by atoms with Crippen LogP contribution < -0.4 is 5.73 Å². The third-order valence-corrected chi connectivity index (χ3v) is 3.84. The average Bonchev–Trinajstić information content (AvgIpc) is 2.97. The van der Waals surface area contributed by atoms with E-state index in [1.165, 1.54) is 0 Å². The molecule has 0 saturated heterocycles. The maximum absolute atomic E-state index is 5.70. The Labute approximate surface area is 115 Å². The van der Waals surface area contributed by atoms with Gasteiger partial charge in [0.05, 0.1) is 11.4 Å². The van der Waals surface area contributed by atoms with Crippen LogP contribution in [-0.2, 0) is 7.05 Å². The van der Waals surface area contributed by atoms with Crippen LogP contribution in [-0.4, -0.2) is 14.8 Å². The number of anilines is 1. The summed E-state index contributed by atoms with van der Waals surface area (Å²) >= 11 is 1.63. The number of hydrogen-bond acceptors (Lipinski definition) is 4. The minimum absolute atomic E-state index is 0.767. The fraction of sp³-hybridized carbons (Fsp3) is 0.143. The second-order valence-electron chi connectivity index (χ2n) is 4.46. The quantitative estimate of drug-likeness (QED) is 0.728. The molecule has 96 valence electrons. The van der Waals surface area contributed by atoms with Crippen molar-refractivity contribution in [1.82, 2.24) is 14.8 Å². The molecule has 19 heavy (non-hydrogen) atoms. The molecule has 2 N–H and O–H groups in total. The van der Waals surface area contributed by atoms with Gasteiger partial charge < -0.3 is 5.73 Å². The molecule has 0 radical (unpaired) electrons. The highest BCUT2D eigenvalue weighted by atomic mass is 32.1. The topological polar surface area (TPSA) is 56.7 Å². The van der Waals surface area contributed by atoms with Crippen molar-refractivity contribution in [2.45, 2.75) is 6.92 Å². The van der Waals surface area contributed by atoms with E-state index in [9.17, 15) is 0 Å². The van der Waals surface area contributed by atoms with Crippen molar-refractivity contribution in [3.05, 3.63) is 41.5 Å². The van der Waals surface area contributed by atoms with Crippen LogP contribution in [0.2, 0.25) is 0 Å². The number of aryl methyl sites for hydroxylation is 2. The molecular weight excluding hydrogens is 256 g/mol. The molecule has 5 heteroatoms. The molecule has 2 aromatic heterocycles. The molecule has 0 amide bonds. The smallest absolute Gasteiger partial charge is 0.124 e. The number of benzene rings is 1. The van der Waals surface area contributed by atoms with Crippen LogP contribution in [0.25, 0.3) is 21.8 Å². The van der Waals surface area contributed by atoms with E-state index < -0.39 is 0 Å². The van der Waals surface area contributed by atoms with Crippen molar-refractivity contribution in [3.63, 3.8) is 0 Å². The first-order chi connectivity index (χ1) is 9.13. The number of nitrogen functional groups attached to an aromatic ring is 1. The summed E-state index contributed by atoms with van der Waals surface area (Å²) in [6.45, 7) is 2.00. The largest absolute Gasteiger partial charge is 0.399 e. The van der Waals surface area contributed by atoms with E-state index in [4.69, 9.17) is 5.73 Å². The normalized spacial score (nSPS) is 10.8. The van der Waals surface area contributed by atoms with Crippen LogP contribution in [0.3, 0.4) is 0 Å². The predicted octanol–water partition coefficient (Wildman–Crippen LogP) is 3.10. The first-order valence-electron chi connectivity index (χ1n) is 5.95.